The lowest BCUT2D eigenvalue weighted by molar-refractivity contribution is -0.130. The molecule has 4 rings (SSSR count). The average Bonchev–Trinajstić information content (AvgIpc) is 3.24. The lowest BCUT2D eigenvalue weighted by atomic mass is 9.86. The Morgan fingerprint density at radius 3 is 3.14 bits per heavy atom. The van der Waals surface area contributed by atoms with Crippen molar-refractivity contribution in [3.63, 3.8) is 0 Å². The Kier molecular flexibility index (Phi) is 3.33. The molecule has 22 heavy (non-hydrogen) atoms. The van der Waals surface area contributed by atoms with Crippen molar-refractivity contribution in [3.8, 4) is 10.6 Å². The fraction of sp³-hybridized carbons (Fsp3) is 0.529. The van der Waals surface area contributed by atoms with Gasteiger partial charge in [-0.15, -0.1) is 11.3 Å². The smallest absolute Gasteiger partial charge is 0.222 e. The average molecular weight is 315 g/mol. The molecule has 1 fully saturated rings. The van der Waals surface area contributed by atoms with E-state index in [-0.39, 0.29) is 5.41 Å². The molecular weight excluding hydrogens is 294 g/mol. The predicted octanol–water partition coefficient (Wildman–Crippen LogP) is 3.19. The molecule has 2 aliphatic heterocycles. The Bertz CT molecular complexity index is 691. The monoisotopic (exact) mass is 315 g/mol. The van der Waals surface area contributed by atoms with Crippen LogP contribution in [0.15, 0.2) is 23.7 Å². The van der Waals surface area contributed by atoms with Crippen LogP contribution in [0.5, 0.6) is 0 Å². The maximum atomic E-state index is 12.2. The van der Waals surface area contributed by atoms with E-state index in [2.05, 4.69) is 38.9 Å². The number of carbonyl (C=O) groups excluding carboxylic acids is 1. The summed E-state index contributed by atoms with van der Waals surface area (Å²) in [4.78, 5) is 20.2. The van der Waals surface area contributed by atoms with E-state index >= 15 is 0 Å². The van der Waals surface area contributed by atoms with Gasteiger partial charge in [-0.2, -0.15) is 0 Å². The number of hydrogen-bond acceptors (Lipinski definition) is 3. The van der Waals surface area contributed by atoms with Gasteiger partial charge in [0.25, 0.3) is 0 Å². The van der Waals surface area contributed by atoms with Crippen LogP contribution in [0.3, 0.4) is 0 Å². The van der Waals surface area contributed by atoms with Gasteiger partial charge in [-0.3, -0.25) is 4.79 Å². The molecule has 1 saturated heterocycles. The largest absolute Gasteiger partial charge is 0.342 e. The summed E-state index contributed by atoms with van der Waals surface area (Å²) in [7, 11) is 0. The zero-order valence-electron chi connectivity index (χ0n) is 12.9. The van der Waals surface area contributed by atoms with Crippen molar-refractivity contribution in [1.82, 2.24) is 14.5 Å². The summed E-state index contributed by atoms with van der Waals surface area (Å²) in [5.74, 6) is 1.51. The van der Waals surface area contributed by atoms with Gasteiger partial charge in [0.2, 0.25) is 5.91 Å². The lowest BCUT2D eigenvalue weighted by Gasteiger charge is -2.23. The lowest BCUT2D eigenvalue weighted by Crippen LogP contribution is -2.32. The van der Waals surface area contributed by atoms with Crippen molar-refractivity contribution in [1.29, 1.82) is 0 Å². The Morgan fingerprint density at radius 1 is 1.45 bits per heavy atom. The molecule has 116 valence electrons. The first-order chi connectivity index (χ1) is 10.7. The molecule has 0 N–H and O–H groups in total. The first kappa shape index (κ1) is 14.0. The summed E-state index contributed by atoms with van der Waals surface area (Å²) in [6.07, 6.45) is 5.74. The van der Waals surface area contributed by atoms with Crippen LogP contribution < -0.4 is 0 Å². The Labute approximate surface area is 134 Å². The molecule has 5 heteroatoms. The normalized spacial score (nSPS) is 23.4. The molecule has 0 saturated carbocycles. The number of amides is 1. The molecule has 4 nitrogen and oxygen atoms in total. The van der Waals surface area contributed by atoms with E-state index in [4.69, 9.17) is 0 Å². The molecular formula is C17H21N3OS. The number of rotatable bonds is 3. The van der Waals surface area contributed by atoms with Crippen LogP contribution in [0.4, 0.5) is 0 Å². The molecule has 1 amide bonds. The third-order valence-electron chi connectivity index (χ3n) is 4.99. The van der Waals surface area contributed by atoms with Gasteiger partial charge in [0.1, 0.15) is 5.82 Å². The zero-order chi connectivity index (χ0) is 15.2. The SMILES string of the molecule is CCCC(=O)N1CCC2(Cc3ncc(-c4cccs4)n3C2)C1. The fourth-order valence-electron chi connectivity index (χ4n) is 3.87. The Morgan fingerprint density at radius 2 is 2.36 bits per heavy atom. The topological polar surface area (TPSA) is 38.1 Å². The second-order valence-corrected chi connectivity index (χ2v) is 7.56. The third-order valence-corrected chi connectivity index (χ3v) is 5.89. The molecule has 0 aromatic carbocycles. The number of thiophene rings is 1. The number of carbonyl (C=O) groups is 1. The molecule has 0 radical (unpaired) electrons. The summed E-state index contributed by atoms with van der Waals surface area (Å²) < 4.78 is 2.37. The molecule has 2 aliphatic rings. The van der Waals surface area contributed by atoms with Crippen molar-refractivity contribution in [2.45, 2.75) is 39.2 Å². The first-order valence-electron chi connectivity index (χ1n) is 8.07. The van der Waals surface area contributed by atoms with Crippen molar-refractivity contribution < 1.29 is 4.79 Å². The third kappa shape index (κ3) is 2.19. The van der Waals surface area contributed by atoms with Gasteiger partial charge in [0.05, 0.1) is 16.8 Å². The number of likely N-dealkylation sites (tertiary alicyclic amines) is 1. The predicted molar refractivity (Wildman–Crippen MR) is 87.8 cm³/mol. The minimum Gasteiger partial charge on any atom is -0.342 e. The van der Waals surface area contributed by atoms with E-state index in [9.17, 15) is 4.79 Å². The molecule has 2 aromatic heterocycles. The fourth-order valence-corrected chi connectivity index (χ4v) is 4.62. The van der Waals surface area contributed by atoms with Crippen LogP contribution in [0.1, 0.15) is 32.0 Å². The highest BCUT2D eigenvalue weighted by molar-refractivity contribution is 7.13. The van der Waals surface area contributed by atoms with Crippen LogP contribution in [-0.4, -0.2) is 33.4 Å². The molecule has 2 aromatic rings. The van der Waals surface area contributed by atoms with Crippen LogP contribution in [0.2, 0.25) is 0 Å². The molecule has 4 heterocycles. The quantitative estimate of drug-likeness (QED) is 0.872. The van der Waals surface area contributed by atoms with Gasteiger partial charge in [-0.25, -0.2) is 4.98 Å². The summed E-state index contributed by atoms with van der Waals surface area (Å²) in [5, 5.41) is 2.11. The molecule has 1 unspecified atom stereocenters. The van der Waals surface area contributed by atoms with Crippen molar-refractivity contribution in [2.75, 3.05) is 13.1 Å². The zero-order valence-corrected chi connectivity index (χ0v) is 13.7. The Balaban J connectivity index is 1.55. The summed E-state index contributed by atoms with van der Waals surface area (Å²) in [6.45, 7) is 4.89. The van der Waals surface area contributed by atoms with Gasteiger partial charge in [-0.1, -0.05) is 13.0 Å². The highest BCUT2D eigenvalue weighted by Crippen LogP contribution is 2.43. The number of fused-ring (bicyclic) bond motifs is 1. The summed E-state index contributed by atoms with van der Waals surface area (Å²) >= 11 is 1.76. The number of hydrogen-bond donors (Lipinski definition) is 0. The van der Waals surface area contributed by atoms with E-state index < -0.39 is 0 Å². The number of imidazole rings is 1. The summed E-state index contributed by atoms with van der Waals surface area (Å²) in [6, 6.07) is 4.25. The van der Waals surface area contributed by atoms with Crippen LogP contribution >= 0.6 is 11.3 Å². The second kappa shape index (κ2) is 5.23. The van der Waals surface area contributed by atoms with Gasteiger partial charge < -0.3 is 9.47 Å². The minimum absolute atomic E-state index is 0.221. The number of nitrogens with zero attached hydrogens (tertiary/aromatic N) is 3. The van der Waals surface area contributed by atoms with E-state index in [0.717, 1.165) is 38.9 Å². The van der Waals surface area contributed by atoms with E-state index in [1.54, 1.807) is 11.3 Å². The van der Waals surface area contributed by atoms with Gasteiger partial charge in [-0.05, 0) is 24.3 Å². The van der Waals surface area contributed by atoms with E-state index in [1.165, 1.54) is 16.4 Å². The van der Waals surface area contributed by atoms with E-state index in [1.807, 2.05) is 6.20 Å². The maximum absolute atomic E-state index is 12.2. The van der Waals surface area contributed by atoms with Crippen molar-refractivity contribution in [3.05, 3.63) is 29.5 Å². The van der Waals surface area contributed by atoms with Gasteiger partial charge in [0, 0.05) is 37.9 Å². The van der Waals surface area contributed by atoms with E-state index in [0.29, 0.717) is 12.3 Å². The van der Waals surface area contributed by atoms with Crippen LogP contribution in [0.25, 0.3) is 10.6 Å². The summed E-state index contributed by atoms with van der Waals surface area (Å²) in [5.41, 5.74) is 1.46. The highest BCUT2D eigenvalue weighted by Gasteiger charge is 2.45. The van der Waals surface area contributed by atoms with Gasteiger partial charge in [0.15, 0.2) is 0 Å². The van der Waals surface area contributed by atoms with Crippen LogP contribution in [-0.2, 0) is 17.8 Å². The second-order valence-electron chi connectivity index (χ2n) is 6.62. The molecule has 1 spiro atoms. The number of aromatic nitrogens is 2. The van der Waals surface area contributed by atoms with Crippen molar-refractivity contribution in [2.24, 2.45) is 5.41 Å². The first-order valence-corrected chi connectivity index (χ1v) is 8.95. The minimum atomic E-state index is 0.221. The maximum Gasteiger partial charge on any atom is 0.222 e. The van der Waals surface area contributed by atoms with Gasteiger partial charge >= 0.3 is 0 Å². The molecule has 0 aliphatic carbocycles. The van der Waals surface area contributed by atoms with Crippen LogP contribution in [0, 0.1) is 5.41 Å². The van der Waals surface area contributed by atoms with Crippen molar-refractivity contribution >= 4 is 17.2 Å². The highest BCUT2D eigenvalue weighted by atomic mass is 32.1. The molecule has 0 bridgehead atoms. The Hall–Kier alpha value is -1.62. The molecule has 1 atom stereocenters. The standard InChI is InChI=1S/C17H21N3OS/c1-2-4-16(21)19-7-6-17(11-19)9-15-18-10-13(20(15)12-17)14-5-3-8-22-14/h3,5,8,10H,2,4,6-7,9,11-12H2,1H3.